The molecule has 0 radical (unpaired) electrons. The lowest BCUT2D eigenvalue weighted by atomic mass is 9.67. The Morgan fingerprint density at radius 1 is 0.364 bits per heavy atom. The zero-order valence-corrected chi connectivity index (χ0v) is 24.2. The highest BCUT2D eigenvalue weighted by Crippen LogP contribution is 2.56. The van der Waals surface area contributed by atoms with E-state index in [1.807, 2.05) is 0 Å². The zero-order chi connectivity index (χ0) is 29.1. The molecule has 0 amide bonds. The lowest BCUT2D eigenvalue weighted by molar-refractivity contribution is 0.768. The van der Waals surface area contributed by atoms with Gasteiger partial charge in [0.1, 0.15) is 0 Å². The van der Waals surface area contributed by atoms with Crippen LogP contribution in [0.3, 0.4) is 0 Å². The molecule has 0 unspecified atom stereocenters. The standard InChI is InChI=1S/C43H29N/c1-4-14-32(15-5-1)43(33-16-6-2-7-17-33)39-22-12-10-20-35(39)37-28-30(24-26-40(37)43)31-25-27-42-38(29-31)36-21-11-13-23-41(36)44(42)34-18-8-3-9-19-34/h1-29H. The van der Waals surface area contributed by atoms with Crippen LogP contribution < -0.4 is 0 Å². The van der Waals surface area contributed by atoms with Gasteiger partial charge in [-0.25, -0.2) is 0 Å². The summed E-state index contributed by atoms with van der Waals surface area (Å²) in [6.07, 6.45) is 0. The molecule has 7 aromatic carbocycles. The van der Waals surface area contributed by atoms with Crippen LogP contribution in [0.1, 0.15) is 22.3 Å². The van der Waals surface area contributed by atoms with Crippen LogP contribution in [0.15, 0.2) is 176 Å². The van der Waals surface area contributed by atoms with E-state index in [4.69, 9.17) is 0 Å². The zero-order valence-electron chi connectivity index (χ0n) is 24.2. The Kier molecular flexibility index (Phi) is 5.48. The summed E-state index contributed by atoms with van der Waals surface area (Å²) in [6, 6.07) is 64.4. The smallest absolute Gasteiger partial charge is 0.0713 e. The van der Waals surface area contributed by atoms with Gasteiger partial charge in [-0.15, -0.1) is 0 Å². The van der Waals surface area contributed by atoms with Crippen molar-refractivity contribution < 1.29 is 0 Å². The number of hydrogen-bond acceptors (Lipinski definition) is 0. The van der Waals surface area contributed by atoms with Crippen molar-refractivity contribution in [3.05, 3.63) is 198 Å². The van der Waals surface area contributed by atoms with Crippen molar-refractivity contribution in [2.45, 2.75) is 5.41 Å². The molecular formula is C43H29N. The molecule has 1 aromatic heterocycles. The maximum absolute atomic E-state index is 2.42. The highest BCUT2D eigenvalue weighted by molar-refractivity contribution is 6.10. The maximum Gasteiger partial charge on any atom is 0.0713 e. The minimum absolute atomic E-state index is 0.375. The Bertz CT molecular complexity index is 2270. The predicted octanol–water partition coefficient (Wildman–Crippen LogP) is 10.8. The molecule has 0 atom stereocenters. The summed E-state index contributed by atoms with van der Waals surface area (Å²) >= 11 is 0. The molecule has 1 heterocycles. The number of hydrogen-bond donors (Lipinski definition) is 0. The van der Waals surface area contributed by atoms with Gasteiger partial charge in [-0.1, -0.05) is 140 Å². The largest absolute Gasteiger partial charge is 0.309 e. The maximum atomic E-state index is 2.42. The molecule has 1 nitrogen and oxygen atoms in total. The summed E-state index contributed by atoms with van der Waals surface area (Å²) in [6.45, 7) is 0. The van der Waals surface area contributed by atoms with Crippen LogP contribution in [0, 0.1) is 0 Å². The second-order valence-electron chi connectivity index (χ2n) is 11.7. The first-order valence-electron chi connectivity index (χ1n) is 15.3. The average molecular weight is 560 g/mol. The molecular weight excluding hydrogens is 530 g/mol. The number of fused-ring (bicyclic) bond motifs is 6. The number of rotatable bonds is 4. The Balaban J connectivity index is 1.28. The summed E-state index contributed by atoms with van der Waals surface area (Å²) in [4.78, 5) is 0. The van der Waals surface area contributed by atoms with E-state index in [0.29, 0.717) is 0 Å². The Hall–Kier alpha value is -5.66. The van der Waals surface area contributed by atoms with Gasteiger partial charge in [0.15, 0.2) is 0 Å². The molecule has 1 aliphatic carbocycles. The van der Waals surface area contributed by atoms with Gasteiger partial charge in [0.25, 0.3) is 0 Å². The second kappa shape index (κ2) is 9.69. The topological polar surface area (TPSA) is 4.93 Å². The molecule has 1 heteroatoms. The molecule has 0 spiro atoms. The molecule has 0 saturated carbocycles. The molecule has 206 valence electrons. The molecule has 0 N–H and O–H groups in total. The van der Waals surface area contributed by atoms with Gasteiger partial charge in [0.2, 0.25) is 0 Å². The van der Waals surface area contributed by atoms with Gasteiger partial charge >= 0.3 is 0 Å². The molecule has 0 bridgehead atoms. The highest BCUT2D eigenvalue weighted by Gasteiger charge is 2.45. The highest BCUT2D eigenvalue weighted by atomic mass is 15.0. The summed E-state index contributed by atoms with van der Waals surface area (Å²) < 4.78 is 2.38. The Morgan fingerprint density at radius 2 is 0.909 bits per heavy atom. The Morgan fingerprint density at radius 3 is 1.66 bits per heavy atom. The molecule has 44 heavy (non-hydrogen) atoms. The van der Waals surface area contributed by atoms with E-state index in [-0.39, 0.29) is 5.41 Å². The van der Waals surface area contributed by atoms with Crippen molar-refractivity contribution in [2.75, 3.05) is 0 Å². The average Bonchev–Trinajstić information content (AvgIpc) is 3.60. The van der Waals surface area contributed by atoms with Crippen molar-refractivity contribution >= 4 is 21.8 Å². The molecule has 9 rings (SSSR count). The third kappa shape index (κ3) is 3.47. The predicted molar refractivity (Wildman–Crippen MR) is 184 cm³/mol. The Labute approximate surface area is 257 Å². The van der Waals surface area contributed by atoms with Crippen LogP contribution in [-0.2, 0) is 5.41 Å². The van der Waals surface area contributed by atoms with E-state index in [1.165, 1.54) is 72.0 Å². The van der Waals surface area contributed by atoms with Crippen molar-refractivity contribution in [3.8, 4) is 27.9 Å². The number of nitrogens with zero attached hydrogens (tertiary/aromatic N) is 1. The van der Waals surface area contributed by atoms with Gasteiger partial charge in [0, 0.05) is 16.5 Å². The van der Waals surface area contributed by atoms with Crippen LogP contribution in [0.4, 0.5) is 0 Å². The first-order valence-corrected chi connectivity index (χ1v) is 15.3. The van der Waals surface area contributed by atoms with Crippen molar-refractivity contribution in [1.29, 1.82) is 0 Å². The second-order valence-corrected chi connectivity index (χ2v) is 11.7. The first kappa shape index (κ1) is 24.9. The lowest BCUT2D eigenvalue weighted by Gasteiger charge is -2.33. The number of benzene rings is 7. The SMILES string of the molecule is c1ccc(-n2c3ccccc3c3cc(-c4ccc5c(c4)-c4ccccc4C5(c4ccccc4)c4ccccc4)ccc32)cc1. The third-order valence-electron chi connectivity index (χ3n) is 9.48. The minimum Gasteiger partial charge on any atom is -0.309 e. The number of aromatic nitrogens is 1. The van der Waals surface area contributed by atoms with Gasteiger partial charge < -0.3 is 4.57 Å². The molecule has 8 aromatic rings. The minimum atomic E-state index is -0.375. The summed E-state index contributed by atoms with van der Waals surface area (Å²) in [5.74, 6) is 0. The van der Waals surface area contributed by atoms with Crippen molar-refractivity contribution in [2.24, 2.45) is 0 Å². The van der Waals surface area contributed by atoms with Gasteiger partial charge in [0.05, 0.1) is 16.4 Å². The summed E-state index contributed by atoms with van der Waals surface area (Å²) in [7, 11) is 0. The van der Waals surface area contributed by atoms with E-state index in [2.05, 4.69) is 180 Å². The van der Waals surface area contributed by atoms with Gasteiger partial charge in [-0.05, 0) is 80.9 Å². The van der Waals surface area contributed by atoms with Crippen LogP contribution in [0.2, 0.25) is 0 Å². The summed E-state index contributed by atoms with van der Waals surface area (Å²) in [5, 5.41) is 2.54. The van der Waals surface area contributed by atoms with Crippen LogP contribution in [-0.4, -0.2) is 4.57 Å². The molecule has 0 saturated heterocycles. The molecule has 0 fully saturated rings. The fourth-order valence-corrected chi connectivity index (χ4v) is 7.64. The molecule has 1 aliphatic rings. The number of para-hydroxylation sites is 2. The van der Waals surface area contributed by atoms with E-state index in [0.717, 1.165) is 0 Å². The fourth-order valence-electron chi connectivity index (χ4n) is 7.64. The van der Waals surface area contributed by atoms with E-state index < -0.39 is 0 Å². The molecule has 0 aliphatic heterocycles. The van der Waals surface area contributed by atoms with E-state index in [1.54, 1.807) is 0 Å². The van der Waals surface area contributed by atoms with Crippen molar-refractivity contribution in [1.82, 2.24) is 4.57 Å². The van der Waals surface area contributed by atoms with Crippen LogP contribution in [0.25, 0.3) is 49.7 Å². The van der Waals surface area contributed by atoms with Crippen molar-refractivity contribution in [3.63, 3.8) is 0 Å². The van der Waals surface area contributed by atoms with Crippen LogP contribution >= 0.6 is 0 Å². The lowest BCUT2D eigenvalue weighted by Crippen LogP contribution is -2.28. The third-order valence-corrected chi connectivity index (χ3v) is 9.48. The van der Waals surface area contributed by atoms with Gasteiger partial charge in [-0.2, -0.15) is 0 Å². The van der Waals surface area contributed by atoms with Crippen LogP contribution in [0.5, 0.6) is 0 Å². The summed E-state index contributed by atoms with van der Waals surface area (Å²) in [5.41, 5.74) is 13.6. The van der Waals surface area contributed by atoms with Gasteiger partial charge in [-0.3, -0.25) is 0 Å². The quantitative estimate of drug-likeness (QED) is 0.202. The monoisotopic (exact) mass is 559 g/mol. The normalized spacial score (nSPS) is 13.2. The van der Waals surface area contributed by atoms with E-state index in [9.17, 15) is 0 Å². The first-order chi connectivity index (χ1) is 21.8. The van der Waals surface area contributed by atoms with E-state index >= 15 is 0 Å². The fraction of sp³-hybridized carbons (Fsp3) is 0.0233.